The molecule has 2 aliphatic heterocycles. The molecule has 3 aromatic rings. The molecule has 4 heterocycles. The van der Waals surface area contributed by atoms with Crippen molar-refractivity contribution in [2.24, 2.45) is 0 Å². The minimum Gasteiger partial charge on any atom is -0.453 e. The molecular weight excluding hydrogens is 640 g/mol. The van der Waals surface area contributed by atoms with Crippen LogP contribution in [0.1, 0.15) is 88.4 Å². The molecular formula is C36H42N8O6. The molecule has 2 aliphatic rings. The van der Waals surface area contributed by atoms with Crippen LogP contribution in [-0.2, 0) is 19.1 Å². The molecule has 2 fully saturated rings. The Labute approximate surface area is 291 Å². The minimum atomic E-state index is -1.14. The number of hydrogen-bond donors (Lipinski definition) is 4. The summed E-state index contributed by atoms with van der Waals surface area (Å²) in [6, 6.07) is 7.18. The lowest BCUT2D eigenvalue weighted by Crippen LogP contribution is -2.55. The third-order valence-corrected chi connectivity index (χ3v) is 8.78. The van der Waals surface area contributed by atoms with E-state index >= 15 is 0 Å². The first-order valence-electron chi connectivity index (χ1n) is 16.4. The van der Waals surface area contributed by atoms with E-state index in [1.807, 2.05) is 24.3 Å². The third kappa shape index (κ3) is 7.92. The number of carbonyl (C=O) groups excluding carboxylic acids is 4. The predicted octanol–water partition coefficient (Wildman–Crippen LogP) is 3.80. The maximum atomic E-state index is 13.3. The van der Waals surface area contributed by atoms with E-state index < -0.39 is 23.3 Å². The van der Waals surface area contributed by atoms with Gasteiger partial charge < -0.3 is 39.9 Å². The first-order valence-corrected chi connectivity index (χ1v) is 16.4. The molecule has 0 aliphatic carbocycles. The van der Waals surface area contributed by atoms with Crippen molar-refractivity contribution in [2.75, 3.05) is 27.3 Å². The van der Waals surface area contributed by atoms with Gasteiger partial charge in [-0.2, -0.15) is 0 Å². The van der Waals surface area contributed by atoms with Crippen LogP contribution in [0.2, 0.25) is 0 Å². The highest BCUT2D eigenvalue weighted by molar-refractivity contribution is 5.90. The lowest BCUT2D eigenvalue weighted by Gasteiger charge is -2.32. The fourth-order valence-electron chi connectivity index (χ4n) is 6.18. The summed E-state index contributed by atoms with van der Waals surface area (Å²) >= 11 is 0. The molecule has 262 valence electrons. The van der Waals surface area contributed by atoms with Crippen molar-refractivity contribution in [3.63, 3.8) is 0 Å². The van der Waals surface area contributed by atoms with E-state index in [0.717, 1.165) is 42.5 Å². The molecule has 50 heavy (non-hydrogen) atoms. The number of H-pyrrole nitrogens is 2. The first kappa shape index (κ1) is 35.5. The van der Waals surface area contributed by atoms with E-state index in [2.05, 4.69) is 63.7 Å². The number of alkyl carbamates (subject to hydrolysis) is 2. The summed E-state index contributed by atoms with van der Waals surface area (Å²) in [6.45, 7) is 7.73. The normalized spacial score (nSPS) is 17.2. The molecule has 4 N–H and O–H groups in total. The SMILES string of the molecule is COC(=O)NC(C)(C)C(=O)N1CCC[C@@H]1c1ncc(C#CC#Cc2ccc(-c3cnc([C@H]4CCCN4C(=O)C(C)(C)NC(=O)OC)[nH]3)cc2)[nH]1. The number of imidazole rings is 2. The highest BCUT2D eigenvalue weighted by atomic mass is 16.5. The number of rotatable bonds is 7. The van der Waals surface area contributed by atoms with Gasteiger partial charge in [-0.3, -0.25) is 9.59 Å². The van der Waals surface area contributed by atoms with E-state index in [4.69, 9.17) is 0 Å². The van der Waals surface area contributed by atoms with E-state index in [0.29, 0.717) is 30.4 Å². The number of benzene rings is 1. The summed E-state index contributed by atoms with van der Waals surface area (Å²) in [5.41, 5.74) is 0.825. The van der Waals surface area contributed by atoms with Gasteiger partial charge in [-0.1, -0.05) is 18.1 Å². The fourth-order valence-corrected chi connectivity index (χ4v) is 6.18. The smallest absolute Gasteiger partial charge is 0.407 e. The molecule has 2 saturated heterocycles. The molecule has 14 heteroatoms. The van der Waals surface area contributed by atoms with Crippen LogP contribution in [0.15, 0.2) is 36.7 Å². The number of aromatic amines is 2. The Morgan fingerprint density at radius 1 is 0.760 bits per heavy atom. The molecule has 2 atom stereocenters. The van der Waals surface area contributed by atoms with Gasteiger partial charge in [0.2, 0.25) is 11.8 Å². The largest absolute Gasteiger partial charge is 0.453 e. The Balaban J connectivity index is 1.20. The topological polar surface area (TPSA) is 175 Å². The van der Waals surface area contributed by atoms with Gasteiger partial charge in [-0.05, 0) is 88.8 Å². The lowest BCUT2D eigenvalue weighted by molar-refractivity contribution is -0.138. The van der Waals surface area contributed by atoms with Gasteiger partial charge in [0.05, 0.1) is 44.4 Å². The van der Waals surface area contributed by atoms with Crippen LogP contribution < -0.4 is 10.6 Å². The zero-order chi connectivity index (χ0) is 36.1. The molecule has 0 bridgehead atoms. The van der Waals surface area contributed by atoms with Gasteiger partial charge >= 0.3 is 12.2 Å². The fraction of sp³-hybridized carbons (Fsp3) is 0.444. The second-order valence-electron chi connectivity index (χ2n) is 13.2. The van der Waals surface area contributed by atoms with E-state index in [1.165, 1.54) is 14.2 Å². The molecule has 0 radical (unpaired) electrons. The number of nitrogens with zero attached hydrogens (tertiary/aromatic N) is 4. The van der Waals surface area contributed by atoms with Crippen LogP contribution in [0.25, 0.3) is 11.3 Å². The summed E-state index contributed by atoms with van der Waals surface area (Å²) in [6.07, 6.45) is 5.18. The number of ether oxygens (including phenoxy) is 2. The van der Waals surface area contributed by atoms with Crippen molar-refractivity contribution in [1.82, 2.24) is 40.4 Å². The molecule has 14 nitrogen and oxygen atoms in total. The molecule has 4 amide bonds. The van der Waals surface area contributed by atoms with Gasteiger partial charge in [-0.25, -0.2) is 19.6 Å². The van der Waals surface area contributed by atoms with E-state index in [9.17, 15) is 19.2 Å². The van der Waals surface area contributed by atoms with Crippen LogP contribution >= 0.6 is 0 Å². The number of hydrogen-bond acceptors (Lipinski definition) is 8. The first-order chi connectivity index (χ1) is 23.8. The Morgan fingerprint density at radius 3 is 1.80 bits per heavy atom. The van der Waals surface area contributed by atoms with Crippen LogP contribution in [0.3, 0.4) is 0 Å². The summed E-state index contributed by atoms with van der Waals surface area (Å²) < 4.78 is 9.35. The molecule has 0 saturated carbocycles. The number of amides is 4. The van der Waals surface area contributed by atoms with Crippen LogP contribution in [0, 0.1) is 23.7 Å². The van der Waals surface area contributed by atoms with E-state index in [-0.39, 0.29) is 23.9 Å². The van der Waals surface area contributed by atoms with Gasteiger partial charge in [0, 0.05) is 18.7 Å². The Kier molecular flexibility index (Phi) is 10.5. The predicted molar refractivity (Wildman–Crippen MR) is 183 cm³/mol. The van der Waals surface area contributed by atoms with Gasteiger partial charge in [0.15, 0.2) is 0 Å². The zero-order valence-corrected chi connectivity index (χ0v) is 29.1. The van der Waals surface area contributed by atoms with Crippen molar-refractivity contribution in [1.29, 1.82) is 0 Å². The summed E-state index contributed by atoms with van der Waals surface area (Å²) in [5.74, 6) is 12.7. The third-order valence-electron chi connectivity index (χ3n) is 8.78. The second kappa shape index (κ2) is 14.8. The Hall–Kier alpha value is -5.76. The van der Waals surface area contributed by atoms with Gasteiger partial charge in [0.1, 0.15) is 28.4 Å². The molecule has 1 aromatic carbocycles. The number of nitrogens with one attached hydrogen (secondary N) is 4. The highest BCUT2D eigenvalue weighted by Gasteiger charge is 2.42. The van der Waals surface area contributed by atoms with Gasteiger partial charge in [0.25, 0.3) is 0 Å². The molecule has 0 unspecified atom stereocenters. The van der Waals surface area contributed by atoms with Gasteiger partial charge in [-0.15, -0.1) is 0 Å². The zero-order valence-electron chi connectivity index (χ0n) is 29.1. The number of aromatic nitrogens is 4. The monoisotopic (exact) mass is 682 g/mol. The lowest BCUT2D eigenvalue weighted by atomic mass is 10.0. The van der Waals surface area contributed by atoms with Crippen LogP contribution in [-0.4, -0.2) is 92.1 Å². The number of likely N-dealkylation sites (tertiary alicyclic amines) is 2. The van der Waals surface area contributed by atoms with E-state index in [1.54, 1.807) is 49.9 Å². The average Bonchev–Trinajstić information content (AvgIpc) is 3.92. The summed E-state index contributed by atoms with van der Waals surface area (Å²) in [7, 11) is 2.52. The summed E-state index contributed by atoms with van der Waals surface area (Å²) in [5, 5.41) is 5.21. The molecule has 2 aromatic heterocycles. The van der Waals surface area contributed by atoms with Crippen molar-refractivity contribution >= 4 is 24.0 Å². The minimum absolute atomic E-state index is 0.203. The standard InChI is InChI=1S/C36H42N8O6/c1-35(2,41-33(47)49-5)31(45)43-19-9-13-27(43)29-37-21-25(39-29)12-8-7-11-23-15-17-24(18-16-23)26-22-38-30(40-26)28-14-10-20-44(28)32(46)36(3,4)42-34(48)50-6/h15-18,21-22,27-28H,9-10,13-14,19-20H2,1-6H3,(H,37,39)(H,38,40)(H,41,47)(H,42,48)/t27-,28-/m1/s1. The van der Waals surface area contributed by atoms with Crippen molar-refractivity contribution in [3.8, 4) is 34.9 Å². The van der Waals surface area contributed by atoms with Crippen molar-refractivity contribution in [2.45, 2.75) is 76.5 Å². The molecule has 0 spiro atoms. The van der Waals surface area contributed by atoms with Crippen LogP contribution in [0.4, 0.5) is 9.59 Å². The maximum absolute atomic E-state index is 13.3. The number of carbonyl (C=O) groups is 4. The average molecular weight is 683 g/mol. The number of methoxy groups -OCH3 is 2. The quantitative estimate of drug-likeness (QED) is 0.272. The second-order valence-corrected chi connectivity index (χ2v) is 13.2. The Bertz CT molecular complexity index is 1870. The molecule has 5 rings (SSSR count). The Morgan fingerprint density at radius 2 is 1.26 bits per heavy atom. The highest BCUT2D eigenvalue weighted by Crippen LogP contribution is 2.34. The van der Waals surface area contributed by atoms with Crippen molar-refractivity contribution < 1.29 is 28.7 Å². The maximum Gasteiger partial charge on any atom is 0.407 e. The summed E-state index contributed by atoms with van der Waals surface area (Å²) in [4.78, 5) is 69.2. The van der Waals surface area contributed by atoms with Crippen molar-refractivity contribution in [3.05, 3.63) is 59.6 Å². The van der Waals surface area contributed by atoms with Crippen LogP contribution in [0.5, 0.6) is 0 Å².